The second-order valence-electron chi connectivity index (χ2n) is 7.24. The van der Waals surface area contributed by atoms with Crippen LogP contribution >= 0.6 is 0 Å². The molecule has 1 aromatic heterocycles. The molecule has 144 valence electrons. The Kier molecular flexibility index (Phi) is 4.86. The summed E-state index contributed by atoms with van der Waals surface area (Å²) in [5.41, 5.74) is 4.32. The van der Waals surface area contributed by atoms with Crippen LogP contribution in [0.3, 0.4) is 0 Å². The molecule has 0 aliphatic carbocycles. The molecule has 6 heteroatoms. The molecule has 1 atom stereocenters. The number of methoxy groups -OCH3 is 1. The molecule has 4 rings (SSSR count). The third kappa shape index (κ3) is 3.50. The molecule has 2 aromatic carbocycles. The van der Waals surface area contributed by atoms with Crippen LogP contribution in [-0.4, -0.2) is 34.6 Å². The first-order chi connectivity index (χ1) is 13.5. The summed E-state index contributed by atoms with van der Waals surface area (Å²) in [5, 5.41) is 4.13. The maximum absolute atomic E-state index is 12.5. The van der Waals surface area contributed by atoms with Crippen molar-refractivity contribution in [1.82, 2.24) is 15.0 Å². The Morgan fingerprint density at radius 3 is 2.79 bits per heavy atom. The van der Waals surface area contributed by atoms with Crippen molar-refractivity contribution in [3.05, 3.63) is 65.0 Å². The minimum atomic E-state index is -0.0880. The largest absolute Gasteiger partial charge is 0.496 e. The minimum absolute atomic E-state index is 0.0850. The smallest absolute Gasteiger partial charge is 0.232 e. The number of rotatable bonds is 5. The van der Waals surface area contributed by atoms with Crippen LogP contribution in [0.4, 0.5) is 0 Å². The van der Waals surface area contributed by atoms with Crippen molar-refractivity contribution >= 4 is 5.91 Å². The molecule has 1 unspecified atom stereocenters. The van der Waals surface area contributed by atoms with E-state index in [0.717, 1.165) is 16.9 Å². The number of benzene rings is 2. The number of likely N-dealkylation sites (tertiary alicyclic amines) is 1. The van der Waals surface area contributed by atoms with E-state index < -0.39 is 0 Å². The normalized spacial score (nSPS) is 16.6. The van der Waals surface area contributed by atoms with Crippen LogP contribution in [0.25, 0.3) is 11.4 Å². The lowest BCUT2D eigenvalue weighted by atomic mass is 10.1. The summed E-state index contributed by atoms with van der Waals surface area (Å²) in [6.07, 6.45) is 0.379. The molecule has 1 aliphatic rings. The van der Waals surface area contributed by atoms with Gasteiger partial charge in [-0.25, -0.2) is 0 Å². The number of ether oxygens (including phenoxy) is 1. The van der Waals surface area contributed by atoms with Gasteiger partial charge < -0.3 is 14.2 Å². The Bertz CT molecular complexity index is 1010. The van der Waals surface area contributed by atoms with Crippen LogP contribution in [0.2, 0.25) is 0 Å². The van der Waals surface area contributed by atoms with Gasteiger partial charge in [-0.1, -0.05) is 35.5 Å². The van der Waals surface area contributed by atoms with Crippen molar-refractivity contribution in [3.63, 3.8) is 0 Å². The van der Waals surface area contributed by atoms with Gasteiger partial charge in [0.2, 0.25) is 17.6 Å². The zero-order valence-corrected chi connectivity index (χ0v) is 16.3. The first-order valence-electron chi connectivity index (χ1n) is 9.36. The number of aryl methyl sites for hydroxylation is 2. The molecule has 0 radical (unpaired) electrons. The molecule has 1 aliphatic heterocycles. The van der Waals surface area contributed by atoms with Crippen LogP contribution in [0.1, 0.15) is 34.9 Å². The second kappa shape index (κ2) is 7.46. The van der Waals surface area contributed by atoms with Crippen molar-refractivity contribution in [2.45, 2.75) is 32.7 Å². The van der Waals surface area contributed by atoms with Crippen molar-refractivity contribution in [1.29, 1.82) is 0 Å². The fourth-order valence-electron chi connectivity index (χ4n) is 3.53. The van der Waals surface area contributed by atoms with E-state index in [2.05, 4.69) is 36.1 Å². The number of para-hydroxylation sites is 1. The maximum Gasteiger partial charge on any atom is 0.232 e. The molecule has 2 heterocycles. The average Bonchev–Trinajstić information content (AvgIpc) is 3.32. The lowest BCUT2D eigenvalue weighted by molar-refractivity contribution is -0.128. The van der Waals surface area contributed by atoms with Gasteiger partial charge in [-0.3, -0.25) is 4.79 Å². The Morgan fingerprint density at radius 1 is 1.18 bits per heavy atom. The summed E-state index contributed by atoms with van der Waals surface area (Å²) in [4.78, 5) is 18.9. The summed E-state index contributed by atoms with van der Waals surface area (Å²) in [6.45, 7) is 5.20. The highest BCUT2D eigenvalue weighted by Gasteiger charge is 2.34. The molecule has 28 heavy (non-hydrogen) atoms. The highest BCUT2D eigenvalue weighted by Crippen LogP contribution is 2.31. The fourth-order valence-corrected chi connectivity index (χ4v) is 3.53. The van der Waals surface area contributed by atoms with E-state index in [9.17, 15) is 4.79 Å². The van der Waals surface area contributed by atoms with E-state index in [0.29, 0.717) is 31.2 Å². The number of hydrogen-bond donors (Lipinski definition) is 0. The van der Waals surface area contributed by atoms with E-state index in [1.807, 2.05) is 35.2 Å². The van der Waals surface area contributed by atoms with Crippen LogP contribution in [-0.2, 0) is 11.3 Å². The third-order valence-electron chi connectivity index (χ3n) is 5.32. The first-order valence-corrected chi connectivity index (χ1v) is 9.36. The topological polar surface area (TPSA) is 68.5 Å². The molecule has 1 saturated heterocycles. The molecule has 1 amide bonds. The molecule has 0 N–H and O–H groups in total. The molecule has 0 saturated carbocycles. The fraction of sp³-hybridized carbons (Fsp3) is 0.318. The van der Waals surface area contributed by atoms with Crippen LogP contribution < -0.4 is 4.74 Å². The first kappa shape index (κ1) is 18.2. The highest BCUT2D eigenvalue weighted by atomic mass is 16.5. The molecule has 0 spiro atoms. The number of hydrogen-bond acceptors (Lipinski definition) is 5. The highest BCUT2D eigenvalue weighted by molar-refractivity contribution is 5.79. The van der Waals surface area contributed by atoms with Gasteiger partial charge in [0.25, 0.3) is 0 Å². The van der Waals surface area contributed by atoms with Gasteiger partial charge in [0.1, 0.15) is 5.75 Å². The maximum atomic E-state index is 12.5. The predicted molar refractivity (Wildman–Crippen MR) is 105 cm³/mol. The van der Waals surface area contributed by atoms with Crippen molar-refractivity contribution < 1.29 is 14.1 Å². The van der Waals surface area contributed by atoms with Crippen molar-refractivity contribution in [2.24, 2.45) is 0 Å². The van der Waals surface area contributed by atoms with E-state index >= 15 is 0 Å². The van der Waals surface area contributed by atoms with Gasteiger partial charge in [0.15, 0.2) is 0 Å². The van der Waals surface area contributed by atoms with Crippen LogP contribution in [0.15, 0.2) is 47.0 Å². The summed E-state index contributed by atoms with van der Waals surface area (Å²) in [5.74, 6) is 1.86. The SMILES string of the molecule is COc1ccccc1CN1CC(c2nc(-c3ccc(C)c(C)c3)no2)CC1=O. The van der Waals surface area contributed by atoms with E-state index in [-0.39, 0.29) is 11.8 Å². The monoisotopic (exact) mass is 377 g/mol. The van der Waals surface area contributed by atoms with Crippen molar-refractivity contribution in [2.75, 3.05) is 13.7 Å². The molecular weight excluding hydrogens is 354 g/mol. The van der Waals surface area contributed by atoms with Crippen LogP contribution in [0.5, 0.6) is 5.75 Å². The summed E-state index contributed by atoms with van der Waals surface area (Å²) < 4.78 is 10.9. The predicted octanol–water partition coefficient (Wildman–Crippen LogP) is 3.88. The summed E-state index contributed by atoms with van der Waals surface area (Å²) in [7, 11) is 1.64. The number of aromatic nitrogens is 2. The summed E-state index contributed by atoms with van der Waals surface area (Å²) in [6, 6.07) is 13.8. The van der Waals surface area contributed by atoms with E-state index in [1.54, 1.807) is 7.11 Å². The second-order valence-corrected chi connectivity index (χ2v) is 7.24. The Labute approximate surface area is 164 Å². The minimum Gasteiger partial charge on any atom is -0.496 e. The van der Waals surface area contributed by atoms with E-state index in [1.165, 1.54) is 11.1 Å². The molecule has 3 aromatic rings. The Hall–Kier alpha value is -3.15. The average molecular weight is 377 g/mol. The lowest BCUT2D eigenvalue weighted by Crippen LogP contribution is -2.24. The lowest BCUT2D eigenvalue weighted by Gasteiger charge is -2.17. The Balaban J connectivity index is 1.50. The zero-order chi connectivity index (χ0) is 19.7. The number of amides is 1. The van der Waals surface area contributed by atoms with E-state index in [4.69, 9.17) is 9.26 Å². The van der Waals surface area contributed by atoms with Gasteiger partial charge in [-0.15, -0.1) is 0 Å². The van der Waals surface area contributed by atoms with Gasteiger partial charge >= 0.3 is 0 Å². The molecule has 1 fully saturated rings. The van der Waals surface area contributed by atoms with Crippen molar-refractivity contribution in [3.8, 4) is 17.1 Å². The molecule has 6 nitrogen and oxygen atoms in total. The van der Waals surface area contributed by atoms with Gasteiger partial charge in [-0.05, 0) is 37.1 Å². The summed E-state index contributed by atoms with van der Waals surface area (Å²) >= 11 is 0. The van der Waals surface area contributed by atoms with Crippen LogP contribution in [0, 0.1) is 13.8 Å². The molecular formula is C22H23N3O3. The standard InChI is InChI=1S/C22H23N3O3/c1-14-8-9-16(10-15(14)2)21-23-22(28-24-21)18-11-20(26)25(13-18)12-17-6-4-5-7-19(17)27-3/h4-10,18H,11-13H2,1-3H3. The van der Waals surface area contributed by atoms with Gasteiger partial charge in [0.05, 0.1) is 13.0 Å². The number of nitrogens with zero attached hydrogens (tertiary/aromatic N) is 3. The quantitative estimate of drug-likeness (QED) is 0.675. The zero-order valence-electron chi connectivity index (χ0n) is 16.3. The number of carbonyl (C=O) groups is 1. The van der Waals surface area contributed by atoms with Gasteiger partial charge in [0, 0.05) is 30.6 Å². The molecule has 0 bridgehead atoms. The third-order valence-corrected chi connectivity index (χ3v) is 5.32. The Morgan fingerprint density at radius 2 is 2.00 bits per heavy atom. The number of carbonyl (C=O) groups excluding carboxylic acids is 1. The van der Waals surface area contributed by atoms with Gasteiger partial charge in [-0.2, -0.15) is 4.98 Å².